The number of carbonyl (C=O) groups is 1. The number of ether oxygens (including phenoxy) is 2. The summed E-state index contributed by atoms with van der Waals surface area (Å²) in [7, 11) is 0. The predicted octanol–water partition coefficient (Wildman–Crippen LogP) is 5.63. The predicted molar refractivity (Wildman–Crippen MR) is 135 cm³/mol. The standard InChI is InChI=1S/C28H45FN2O3/c1-3-4-18-33-26-14-12-23(13-15-26)22(2)27(21-31-17-16-24(29)20-31)30-28(32)11-6-5-7-19-34-25-9-8-10-25/h12-15,22,24-25,27H,3-11,16-21H2,1-2H3,(H,30,32)/t22-,24-,27-/m1/s1. The summed E-state index contributed by atoms with van der Waals surface area (Å²) >= 11 is 0. The summed E-state index contributed by atoms with van der Waals surface area (Å²) in [5.41, 5.74) is 1.16. The van der Waals surface area contributed by atoms with Crippen LogP contribution in [-0.4, -0.2) is 62.0 Å². The summed E-state index contributed by atoms with van der Waals surface area (Å²) in [6.45, 7) is 7.74. The van der Waals surface area contributed by atoms with Gasteiger partial charge >= 0.3 is 0 Å². The first-order chi connectivity index (χ1) is 16.5. The van der Waals surface area contributed by atoms with Gasteiger partial charge in [0.1, 0.15) is 11.9 Å². The Morgan fingerprint density at radius 1 is 1.12 bits per heavy atom. The van der Waals surface area contributed by atoms with Gasteiger partial charge in [-0.2, -0.15) is 0 Å². The maximum atomic E-state index is 13.8. The van der Waals surface area contributed by atoms with Gasteiger partial charge in [-0.05, 0) is 62.6 Å². The van der Waals surface area contributed by atoms with Crippen molar-refractivity contribution in [3.8, 4) is 5.75 Å². The second-order valence-corrected chi connectivity index (χ2v) is 10.1. The highest BCUT2D eigenvalue weighted by molar-refractivity contribution is 5.76. The van der Waals surface area contributed by atoms with Crippen LogP contribution in [0.2, 0.25) is 0 Å². The van der Waals surface area contributed by atoms with E-state index in [0.29, 0.717) is 32.0 Å². The Morgan fingerprint density at radius 3 is 2.56 bits per heavy atom. The normalized spacial score (nSPS) is 20.6. The molecule has 2 fully saturated rings. The van der Waals surface area contributed by atoms with E-state index in [0.717, 1.165) is 63.2 Å². The van der Waals surface area contributed by atoms with Crippen LogP contribution >= 0.6 is 0 Å². The van der Waals surface area contributed by atoms with Crippen molar-refractivity contribution in [3.63, 3.8) is 0 Å². The van der Waals surface area contributed by atoms with Crippen LogP contribution < -0.4 is 10.1 Å². The molecule has 1 aliphatic heterocycles. The highest BCUT2D eigenvalue weighted by Crippen LogP contribution is 2.25. The molecule has 1 aromatic carbocycles. The van der Waals surface area contributed by atoms with Crippen LogP contribution in [0.3, 0.4) is 0 Å². The molecule has 1 N–H and O–H groups in total. The van der Waals surface area contributed by atoms with Gasteiger partial charge in [0, 0.05) is 44.6 Å². The number of likely N-dealkylation sites (tertiary alicyclic amines) is 1. The minimum atomic E-state index is -0.756. The van der Waals surface area contributed by atoms with Crippen LogP contribution in [0, 0.1) is 0 Å². The highest BCUT2D eigenvalue weighted by Gasteiger charge is 2.28. The van der Waals surface area contributed by atoms with E-state index in [1.54, 1.807) is 0 Å². The maximum Gasteiger partial charge on any atom is 0.220 e. The van der Waals surface area contributed by atoms with Gasteiger partial charge in [-0.3, -0.25) is 9.69 Å². The third-order valence-corrected chi connectivity index (χ3v) is 7.25. The first-order valence-corrected chi connectivity index (χ1v) is 13.5. The molecule has 3 rings (SSSR count). The summed E-state index contributed by atoms with van der Waals surface area (Å²) in [5.74, 6) is 1.10. The molecule has 0 unspecified atom stereocenters. The van der Waals surface area contributed by atoms with Crippen molar-refractivity contribution in [1.29, 1.82) is 0 Å². The van der Waals surface area contributed by atoms with Crippen LogP contribution in [0.5, 0.6) is 5.75 Å². The molecule has 0 radical (unpaired) electrons. The first-order valence-electron chi connectivity index (χ1n) is 13.5. The van der Waals surface area contributed by atoms with Crippen molar-refractivity contribution >= 4 is 5.91 Å². The molecule has 1 saturated carbocycles. The number of nitrogens with one attached hydrogen (secondary N) is 1. The maximum absolute atomic E-state index is 13.8. The van der Waals surface area contributed by atoms with E-state index in [9.17, 15) is 9.18 Å². The Kier molecular flexibility index (Phi) is 11.6. The van der Waals surface area contributed by atoms with E-state index in [-0.39, 0.29) is 17.9 Å². The van der Waals surface area contributed by atoms with Crippen molar-refractivity contribution in [3.05, 3.63) is 29.8 Å². The Morgan fingerprint density at radius 2 is 1.91 bits per heavy atom. The molecular weight excluding hydrogens is 431 g/mol. The number of amides is 1. The number of alkyl halides is 1. The lowest BCUT2D eigenvalue weighted by atomic mass is 9.92. The number of unbranched alkanes of at least 4 members (excludes halogenated alkanes) is 3. The number of rotatable bonds is 16. The van der Waals surface area contributed by atoms with Crippen LogP contribution in [0.1, 0.15) is 89.5 Å². The van der Waals surface area contributed by atoms with E-state index < -0.39 is 6.17 Å². The van der Waals surface area contributed by atoms with E-state index >= 15 is 0 Å². The Balaban J connectivity index is 1.47. The second-order valence-electron chi connectivity index (χ2n) is 10.1. The Hall–Kier alpha value is -1.66. The molecule has 3 atom stereocenters. The summed E-state index contributed by atoms with van der Waals surface area (Å²) in [6, 6.07) is 8.16. The number of nitrogens with zero attached hydrogens (tertiary/aromatic N) is 1. The number of carbonyl (C=O) groups excluding carboxylic acids is 1. The van der Waals surface area contributed by atoms with Crippen molar-refractivity contribution < 1.29 is 18.7 Å². The van der Waals surface area contributed by atoms with E-state index in [2.05, 4.69) is 36.2 Å². The molecule has 6 heteroatoms. The van der Waals surface area contributed by atoms with Gasteiger partial charge in [-0.25, -0.2) is 4.39 Å². The molecule has 1 heterocycles. The number of benzene rings is 1. The van der Waals surface area contributed by atoms with Crippen LogP contribution in [-0.2, 0) is 9.53 Å². The summed E-state index contributed by atoms with van der Waals surface area (Å²) < 4.78 is 25.4. The van der Waals surface area contributed by atoms with Crippen LogP contribution in [0.25, 0.3) is 0 Å². The fraction of sp³-hybridized carbons (Fsp3) is 0.750. The second kappa shape index (κ2) is 14.7. The third-order valence-electron chi connectivity index (χ3n) is 7.25. The summed E-state index contributed by atoms with van der Waals surface area (Å²) in [6.07, 6.45) is 9.61. The molecular formula is C28H45FN2O3. The zero-order valence-electron chi connectivity index (χ0n) is 21.3. The molecule has 1 aliphatic carbocycles. The molecule has 1 aromatic rings. The molecule has 0 bridgehead atoms. The summed E-state index contributed by atoms with van der Waals surface area (Å²) in [4.78, 5) is 14.9. The SMILES string of the molecule is CCCCOc1ccc([C@@H](C)[C@@H](CN2CC[C@@H](F)C2)NC(=O)CCCCCOC2CCC2)cc1. The zero-order chi connectivity index (χ0) is 24.2. The number of hydrogen-bond donors (Lipinski definition) is 1. The average molecular weight is 477 g/mol. The van der Waals surface area contributed by atoms with Crippen molar-refractivity contribution in [1.82, 2.24) is 10.2 Å². The number of hydrogen-bond acceptors (Lipinski definition) is 4. The Bertz CT molecular complexity index is 710. The van der Waals surface area contributed by atoms with Crippen molar-refractivity contribution in [2.24, 2.45) is 0 Å². The molecule has 0 aromatic heterocycles. The van der Waals surface area contributed by atoms with Gasteiger partial charge in [0.15, 0.2) is 0 Å². The van der Waals surface area contributed by atoms with Gasteiger partial charge in [-0.1, -0.05) is 38.8 Å². The minimum Gasteiger partial charge on any atom is -0.494 e. The van der Waals surface area contributed by atoms with Gasteiger partial charge in [0.25, 0.3) is 0 Å². The van der Waals surface area contributed by atoms with Crippen molar-refractivity contribution in [2.75, 3.05) is 32.8 Å². The molecule has 34 heavy (non-hydrogen) atoms. The van der Waals surface area contributed by atoms with Gasteiger partial charge in [0.05, 0.1) is 12.7 Å². The molecule has 5 nitrogen and oxygen atoms in total. The van der Waals surface area contributed by atoms with Gasteiger partial charge in [0.2, 0.25) is 5.91 Å². The largest absolute Gasteiger partial charge is 0.494 e. The lowest BCUT2D eigenvalue weighted by Crippen LogP contribution is -2.46. The summed E-state index contributed by atoms with van der Waals surface area (Å²) in [5, 5.41) is 3.28. The molecule has 0 spiro atoms. The zero-order valence-corrected chi connectivity index (χ0v) is 21.3. The fourth-order valence-electron chi connectivity index (χ4n) is 4.62. The van der Waals surface area contributed by atoms with Crippen LogP contribution in [0.4, 0.5) is 4.39 Å². The fourth-order valence-corrected chi connectivity index (χ4v) is 4.62. The number of halogens is 1. The molecule has 192 valence electrons. The smallest absolute Gasteiger partial charge is 0.220 e. The van der Waals surface area contributed by atoms with E-state index in [1.165, 1.54) is 19.3 Å². The molecule has 1 saturated heterocycles. The van der Waals surface area contributed by atoms with Gasteiger partial charge < -0.3 is 14.8 Å². The topological polar surface area (TPSA) is 50.8 Å². The lowest BCUT2D eigenvalue weighted by Gasteiger charge is -2.30. The third kappa shape index (κ3) is 9.18. The molecule has 1 amide bonds. The van der Waals surface area contributed by atoms with Gasteiger partial charge in [-0.15, -0.1) is 0 Å². The Labute approximate surface area is 205 Å². The monoisotopic (exact) mass is 476 g/mol. The van der Waals surface area contributed by atoms with E-state index in [1.807, 2.05) is 12.1 Å². The van der Waals surface area contributed by atoms with Crippen molar-refractivity contribution in [2.45, 2.75) is 102 Å². The minimum absolute atomic E-state index is 0.0494. The molecule has 2 aliphatic rings. The average Bonchev–Trinajstić information content (AvgIpc) is 3.21. The van der Waals surface area contributed by atoms with E-state index in [4.69, 9.17) is 9.47 Å². The van der Waals surface area contributed by atoms with Crippen LogP contribution in [0.15, 0.2) is 24.3 Å². The quantitative estimate of drug-likeness (QED) is 0.314. The first kappa shape index (κ1) is 26.9. The highest BCUT2D eigenvalue weighted by atomic mass is 19.1. The lowest BCUT2D eigenvalue weighted by molar-refractivity contribution is -0.122.